The van der Waals surface area contributed by atoms with Crippen LogP contribution in [0.3, 0.4) is 0 Å². The van der Waals surface area contributed by atoms with Gasteiger partial charge in [-0.1, -0.05) is 54.4 Å². The Hall–Kier alpha value is -1.36. The van der Waals surface area contributed by atoms with Gasteiger partial charge in [-0.3, -0.25) is 9.00 Å². The monoisotopic (exact) mass is 519 g/mol. The van der Waals surface area contributed by atoms with Crippen molar-refractivity contribution in [2.75, 3.05) is 5.75 Å². The number of piperidine rings is 1. The normalized spacial score (nSPS) is 25.3. The van der Waals surface area contributed by atoms with Crippen LogP contribution in [0.15, 0.2) is 48.5 Å². The van der Waals surface area contributed by atoms with Gasteiger partial charge in [0.2, 0.25) is 5.91 Å². The smallest absolute Gasteiger partial charge is 0.226 e. The summed E-state index contributed by atoms with van der Waals surface area (Å²) in [4.78, 5) is 16.2. The molecule has 2 aromatic carbocycles. The fourth-order valence-corrected chi connectivity index (χ4v) is 6.79. The molecule has 0 aromatic heterocycles. The molecule has 0 bridgehead atoms. The summed E-state index contributed by atoms with van der Waals surface area (Å²) < 4.78 is 13.0. The molecule has 0 N–H and O–H groups in total. The first-order valence-electron chi connectivity index (χ1n) is 12.3. The van der Waals surface area contributed by atoms with Crippen LogP contribution >= 0.6 is 23.2 Å². The molecule has 4 unspecified atom stereocenters. The predicted octanol–water partition coefficient (Wildman–Crippen LogP) is 7.40. The van der Waals surface area contributed by atoms with Gasteiger partial charge in [-0.25, -0.2) is 0 Å². The first-order valence-corrected chi connectivity index (χ1v) is 14.4. The number of hydrogen-bond acceptors (Lipinski definition) is 2. The fraction of sp³-hybridized carbons (Fsp3) is 0.536. The Morgan fingerprint density at radius 3 is 2.26 bits per heavy atom. The highest BCUT2D eigenvalue weighted by Gasteiger charge is 2.49. The van der Waals surface area contributed by atoms with Crippen LogP contribution in [0, 0.1) is 11.8 Å². The number of halogens is 2. The number of rotatable bonds is 7. The van der Waals surface area contributed by atoms with Crippen LogP contribution in [0.25, 0.3) is 0 Å². The number of likely N-dealkylation sites (tertiary alicyclic amines) is 1. The molecule has 5 atom stereocenters. The zero-order valence-corrected chi connectivity index (χ0v) is 22.8. The molecule has 6 heteroatoms. The SMILES string of the molecule is CCC1C[C@H](c2cccc(Cl)c2)C(c2ccc(Cl)cc2)N(C(CS(=O)C(C)(C)C)C2CC2)C1=O. The lowest BCUT2D eigenvalue weighted by Crippen LogP contribution is -2.54. The number of hydrogen-bond donors (Lipinski definition) is 0. The topological polar surface area (TPSA) is 37.4 Å². The van der Waals surface area contributed by atoms with E-state index >= 15 is 0 Å². The minimum absolute atomic E-state index is 0.0377. The summed E-state index contributed by atoms with van der Waals surface area (Å²) in [6, 6.07) is 15.8. The molecule has 2 fully saturated rings. The number of nitrogens with zero attached hydrogens (tertiary/aromatic N) is 1. The van der Waals surface area contributed by atoms with E-state index in [0.717, 1.165) is 36.8 Å². The molecule has 2 aromatic rings. The summed E-state index contributed by atoms with van der Waals surface area (Å²) >= 11 is 12.7. The van der Waals surface area contributed by atoms with Gasteiger partial charge in [-0.2, -0.15) is 0 Å². The van der Waals surface area contributed by atoms with Gasteiger partial charge in [0.1, 0.15) is 0 Å². The van der Waals surface area contributed by atoms with Gasteiger partial charge >= 0.3 is 0 Å². The van der Waals surface area contributed by atoms with E-state index in [-0.39, 0.29) is 34.6 Å². The maximum absolute atomic E-state index is 14.0. The molecule has 2 aliphatic rings. The second kappa shape index (κ2) is 10.3. The minimum atomic E-state index is -1.05. The van der Waals surface area contributed by atoms with Crippen molar-refractivity contribution in [1.82, 2.24) is 4.90 Å². The second-order valence-electron chi connectivity index (χ2n) is 10.8. The lowest BCUT2D eigenvalue weighted by atomic mass is 9.74. The Labute approximate surface area is 216 Å². The minimum Gasteiger partial charge on any atom is -0.331 e. The largest absolute Gasteiger partial charge is 0.331 e. The van der Waals surface area contributed by atoms with Gasteiger partial charge < -0.3 is 4.90 Å². The highest BCUT2D eigenvalue weighted by molar-refractivity contribution is 7.86. The van der Waals surface area contributed by atoms with Crippen molar-refractivity contribution in [2.24, 2.45) is 11.8 Å². The van der Waals surface area contributed by atoms with Crippen LogP contribution < -0.4 is 0 Å². The molecule has 4 rings (SSSR count). The van der Waals surface area contributed by atoms with E-state index in [0.29, 0.717) is 21.7 Å². The fourth-order valence-electron chi connectivity index (χ4n) is 5.23. The zero-order chi connectivity index (χ0) is 24.6. The van der Waals surface area contributed by atoms with Crippen molar-refractivity contribution < 1.29 is 9.00 Å². The van der Waals surface area contributed by atoms with Gasteiger partial charge in [-0.05, 0) is 87.8 Å². The van der Waals surface area contributed by atoms with E-state index in [1.165, 1.54) is 0 Å². The van der Waals surface area contributed by atoms with E-state index < -0.39 is 10.8 Å². The summed E-state index contributed by atoms with van der Waals surface area (Å²) in [5, 5.41) is 1.38. The summed E-state index contributed by atoms with van der Waals surface area (Å²) in [5.41, 5.74) is 2.22. The molecule has 0 spiro atoms. The molecule has 1 aliphatic heterocycles. The zero-order valence-electron chi connectivity index (χ0n) is 20.5. The Bertz CT molecular complexity index is 1050. The third-order valence-electron chi connectivity index (χ3n) is 7.33. The first kappa shape index (κ1) is 25.7. The maximum Gasteiger partial charge on any atom is 0.226 e. The van der Waals surface area contributed by atoms with Crippen molar-refractivity contribution in [3.8, 4) is 0 Å². The van der Waals surface area contributed by atoms with Crippen molar-refractivity contribution in [1.29, 1.82) is 0 Å². The lowest BCUT2D eigenvalue weighted by Gasteiger charge is -2.49. The third-order valence-corrected chi connectivity index (χ3v) is 9.83. The van der Waals surface area contributed by atoms with Gasteiger partial charge in [-0.15, -0.1) is 0 Å². The molecular formula is C28H35Cl2NO2S. The molecule has 1 amide bonds. The van der Waals surface area contributed by atoms with Gasteiger partial charge in [0, 0.05) is 49.2 Å². The van der Waals surface area contributed by atoms with Crippen LogP contribution in [0.5, 0.6) is 0 Å². The molecular weight excluding hydrogens is 485 g/mol. The van der Waals surface area contributed by atoms with E-state index in [2.05, 4.69) is 17.9 Å². The summed E-state index contributed by atoms with van der Waals surface area (Å²) in [5.74, 6) is 1.16. The molecule has 0 radical (unpaired) electrons. The van der Waals surface area contributed by atoms with Gasteiger partial charge in [0.05, 0.1) is 6.04 Å². The number of carbonyl (C=O) groups excluding carboxylic acids is 1. The molecule has 34 heavy (non-hydrogen) atoms. The highest BCUT2D eigenvalue weighted by atomic mass is 35.5. The second-order valence-corrected chi connectivity index (χ2v) is 13.9. The van der Waals surface area contributed by atoms with E-state index in [1.54, 1.807) is 0 Å². The highest BCUT2D eigenvalue weighted by Crippen LogP contribution is 2.50. The summed E-state index contributed by atoms with van der Waals surface area (Å²) in [7, 11) is -1.05. The lowest BCUT2D eigenvalue weighted by molar-refractivity contribution is -0.146. The van der Waals surface area contributed by atoms with E-state index in [4.69, 9.17) is 23.2 Å². The molecule has 1 heterocycles. The van der Waals surface area contributed by atoms with Crippen LogP contribution in [-0.2, 0) is 15.6 Å². The number of benzene rings is 2. The van der Waals surface area contributed by atoms with Crippen LogP contribution in [0.1, 0.15) is 76.5 Å². The standard InChI is InChI=1S/C28H35Cl2NO2S/c1-5-18-16-24(21-7-6-8-23(30)15-21)26(20-11-13-22(29)14-12-20)31(27(18)32)25(19-9-10-19)17-34(33)28(2,3)4/h6-8,11-15,18-19,24-26H,5,9-10,16-17H2,1-4H3/t18?,24-,25?,26?,34?/m1/s1. The summed E-state index contributed by atoms with van der Waals surface area (Å²) in [6.45, 7) is 8.15. The van der Waals surface area contributed by atoms with E-state index in [9.17, 15) is 9.00 Å². The van der Waals surface area contributed by atoms with Crippen LogP contribution in [0.2, 0.25) is 10.0 Å². The molecule has 184 valence electrons. The third kappa shape index (κ3) is 5.55. The molecule has 1 saturated carbocycles. The number of carbonyl (C=O) groups is 1. The van der Waals surface area contributed by atoms with Crippen LogP contribution in [0.4, 0.5) is 0 Å². The van der Waals surface area contributed by atoms with Gasteiger partial charge in [0.15, 0.2) is 0 Å². The molecule has 3 nitrogen and oxygen atoms in total. The summed E-state index contributed by atoms with van der Waals surface area (Å²) in [6.07, 6.45) is 3.74. The van der Waals surface area contributed by atoms with Crippen molar-refractivity contribution >= 4 is 39.9 Å². The van der Waals surface area contributed by atoms with Crippen molar-refractivity contribution in [2.45, 2.75) is 76.1 Å². The first-order chi connectivity index (χ1) is 16.1. The number of amides is 1. The molecule has 1 aliphatic carbocycles. The molecule has 1 saturated heterocycles. The van der Waals surface area contributed by atoms with Crippen LogP contribution in [-0.4, -0.2) is 31.6 Å². The Kier molecular flexibility index (Phi) is 7.81. The van der Waals surface area contributed by atoms with Crippen molar-refractivity contribution in [3.05, 3.63) is 69.7 Å². The average molecular weight is 521 g/mol. The Morgan fingerprint density at radius 1 is 1.03 bits per heavy atom. The van der Waals surface area contributed by atoms with Gasteiger partial charge in [0.25, 0.3) is 0 Å². The Balaban J connectivity index is 1.84. The van der Waals surface area contributed by atoms with Crippen molar-refractivity contribution in [3.63, 3.8) is 0 Å². The maximum atomic E-state index is 14.0. The predicted molar refractivity (Wildman–Crippen MR) is 143 cm³/mol. The Morgan fingerprint density at radius 2 is 1.71 bits per heavy atom. The van der Waals surface area contributed by atoms with E-state index in [1.807, 2.05) is 63.2 Å². The quantitative estimate of drug-likeness (QED) is 0.381. The average Bonchev–Trinajstić information content (AvgIpc) is 3.62.